The second-order valence-corrected chi connectivity index (χ2v) is 8.71. The number of carbonyl (C=O) groups is 2. The van der Waals surface area contributed by atoms with Gasteiger partial charge in [0.2, 0.25) is 0 Å². The number of carbonyl (C=O) groups excluding carboxylic acids is 2. The molecule has 2 aromatic heterocycles. The lowest BCUT2D eigenvalue weighted by molar-refractivity contribution is -0.144. The molecule has 0 saturated heterocycles. The quantitative estimate of drug-likeness (QED) is 0.430. The van der Waals surface area contributed by atoms with E-state index < -0.39 is 29.5 Å². The zero-order valence-corrected chi connectivity index (χ0v) is 19.8. The normalized spacial score (nSPS) is 11.9. The molecule has 1 amide bonds. The molecule has 0 saturated carbocycles. The van der Waals surface area contributed by atoms with E-state index in [0.717, 1.165) is 6.07 Å². The highest BCUT2D eigenvalue weighted by Gasteiger charge is 2.33. The van der Waals surface area contributed by atoms with Gasteiger partial charge in [0, 0.05) is 23.8 Å². The molecule has 2 N–H and O–H groups in total. The van der Waals surface area contributed by atoms with E-state index in [-0.39, 0.29) is 31.1 Å². The maximum atomic E-state index is 13.5. The molecule has 35 heavy (non-hydrogen) atoms. The first-order chi connectivity index (χ1) is 16.4. The Morgan fingerprint density at radius 3 is 2.51 bits per heavy atom. The van der Waals surface area contributed by atoms with Gasteiger partial charge in [0.05, 0.1) is 12.1 Å². The number of hydrogen-bond donors (Lipinski definition) is 2. The van der Waals surface area contributed by atoms with Gasteiger partial charge in [-0.3, -0.25) is 4.79 Å². The highest BCUT2D eigenvalue weighted by molar-refractivity contribution is 5.94. The van der Waals surface area contributed by atoms with Crippen molar-refractivity contribution >= 4 is 34.5 Å². The Bertz CT molecular complexity index is 1220. The molecule has 8 nitrogen and oxygen atoms in total. The van der Waals surface area contributed by atoms with Gasteiger partial charge in [0.15, 0.2) is 0 Å². The van der Waals surface area contributed by atoms with Gasteiger partial charge in [-0.2, -0.15) is 13.2 Å². The van der Waals surface area contributed by atoms with Crippen LogP contribution in [0.3, 0.4) is 0 Å². The van der Waals surface area contributed by atoms with E-state index in [1.165, 1.54) is 6.07 Å². The van der Waals surface area contributed by atoms with Crippen LogP contribution >= 0.6 is 0 Å². The first-order valence-corrected chi connectivity index (χ1v) is 10.9. The van der Waals surface area contributed by atoms with E-state index >= 15 is 0 Å². The molecule has 11 heteroatoms. The lowest BCUT2D eigenvalue weighted by Crippen LogP contribution is -2.32. The Labute approximate surface area is 200 Å². The van der Waals surface area contributed by atoms with E-state index in [4.69, 9.17) is 9.47 Å². The molecule has 0 unspecified atom stereocenters. The Kier molecular flexibility index (Phi) is 7.57. The summed E-state index contributed by atoms with van der Waals surface area (Å²) in [5.41, 5.74) is -0.456. The summed E-state index contributed by atoms with van der Waals surface area (Å²) in [6.07, 6.45) is -3.74. The summed E-state index contributed by atoms with van der Waals surface area (Å²) in [4.78, 5) is 27.5. The minimum absolute atomic E-state index is 0.00306. The van der Waals surface area contributed by atoms with Crippen LogP contribution < -0.4 is 10.6 Å². The average Bonchev–Trinajstić information content (AvgIpc) is 3.14. The lowest BCUT2D eigenvalue weighted by Gasteiger charge is -2.20. The zero-order valence-electron chi connectivity index (χ0n) is 19.8. The number of rotatable bonds is 7. The van der Waals surface area contributed by atoms with E-state index in [9.17, 15) is 22.8 Å². The molecule has 3 rings (SSSR count). The number of pyridine rings is 1. The molecule has 2 heterocycles. The molecular weight excluding hydrogens is 465 g/mol. The number of ether oxygens (including phenoxy) is 2. The third-order valence-corrected chi connectivity index (χ3v) is 4.69. The van der Waals surface area contributed by atoms with Gasteiger partial charge in [-0.15, -0.1) is 0 Å². The summed E-state index contributed by atoms with van der Waals surface area (Å²) >= 11 is 0. The van der Waals surface area contributed by atoms with Crippen LogP contribution in [0.2, 0.25) is 0 Å². The van der Waals surface area contributed by atoms with Crippen molar-refractivity contribution in [3.8, 4) is 0 Å². The summed E-state index contributed by atoms with van der Waals surface area (Å²) in [5.74, 6) is -0.448. The number of anilines is 2. The Hall–Kier alpha value is -3.76. The van der Waals surface area contributed by atoms with Gasteiger partial charge in [-0.25, -0.2) is 9.78 Å². The van der Waals surface area contributed by atoms with Crippen LogP contribution in [-0.2, 0) is 33.5 Å². The summed E-state index contributed by atoms with van der Waals surface area (Å²) < 4.78 is 52.3. The smallest absolute Gasteiger partial charge is 0.433 e. The van der Waals surface area contributed by atoms with Gasteiger partial charge in [0.1, 0.15) is 23.7 Å². The highest BCUT2D eigenvalue weighted by atomic mass is 19.4. The topological polar surface area (TPSA) is 94.5 Å². The van der Waals surface area contributed by atoms with Gasteiger partial charge >= 0.3 is 18.2 Å². The number of hydrogen-bond acceptors (Lipinski definition) is 6. The SMILES string of the molecule is CCOC(=O)Cn1ccc2c(Nc3cc(CNC(=O)OC(C)(C)C)cc(C(F)(F)F)n3)cccc21. The van der Waals surface area contributed by atoms with Crippen LogP contribution in [-0.4, -0.2) is 33.8 Å². The van der Waals surface area contributed by atoms with E-state index in [2.05, 4.69) is 15.6 Å². The zero-order chi connectivity index (χ0) is 25.8. The molecule has 1 aromatic carbocycles. The number of benzene rings is 1. The monoisotopic (exact) mass is 492 g/mol. The maximum absolute atomic E-state index is 13.5. The molecule has 0 aliphatic carbocycles. The van der Waals surface area contributed by atoms with Crippen molar-refractivity contribution in [1.82, 2.24) is 14.9 Å². The Morgan fingerprint density at radius 2 is 1.86 bits per heavy atom. The van der Waals surface area contributed by atoms with Crippen molar-refractivity contribution in [2.45, 2.75) is 52.6 Å². The van der Waals surface area contributed by atoms with Gasteiger partial charge in [0.25, 0.3) is 0 Å². The second-order valence-electron chi connectivity index (χ2n) is 8.71. The molecule has 0 atom stereocenters. The minimum Gasteiger partial charge on any atom is -0.465 e. The number of alkyl halides is 3. The van der Waals surface area contributed by atoms with Crippen LogP contribution in [0, 0.1) is 0 Å². The van der Waals surface area contributed by atoms with Crippen molar-refractivity contribution in [3.05, 3.63) is 53.9 Å². The van der Waals surface area contributed by atoms with Crippen LogP contribution in [0.25, 0.3) is 10.9 Å². The van der Waals surface area contributed by atoms with Gasteiger partial charge < -0.3 is 24.7 Å². The Balaban J connectivity index is 1.87. The van der Waals surface area contributed by atoms with Crippen LogP contribution in [0.5, 0.6) is 0 Å². The van der Waals surface area contributed by atoms with Crippen molar-refractivity contribution in [3.63, 3.8) is 0 Å². The molecule has 188 valence electrons. The predicted molar refractivity (Wildman–Crippen MR) is 124 cm³/mol. The summed E-state index contributed by atoms with van der Waals surface area (Å²) in [5, 5.41) is 6.07. The van der Waals surface area contributed by atoms with Crippen LogP contribution in [0.15, 0.2) is 42.6 Å². The minimum atomic E-state index is -4.69. The number of alkyl carbamates (subject to hydrolysis) is 1. The summed E-state index contributed by atoms with van der Waals surface area (Å²) in [6.45, 7) is 6.85. The number of amides is 1. The molecule has 0 radical (unpaired) electrons. The van der Waals surface area contributed by atoms with E-state index in [0.29, 0.717) is 16.6 Å². The number of esters is 1. The van der Waals surface area contributed by atoms with Crippen molar-refractivity contribution < 1.29 is 32.2 Å². The number of fused-ring (bicyclic) bond motifs is 1. The summed E-state index contributed by atoms with van der Waals surface area (Å²) in [6, 6.07) is 9.23. The third kappa shape index (κ3) is 7.11. The number of halogens is 3. The van der Waals surface area contributed by atoms with Crippen LogP contribution in [0.1, 0.15) is 39.0 Å². The molecule has 0 fully saturated rings. The molecule has 0 spiro atoms. The standard InChI is InChI=1S/C24H27F3N4O4/c1-5-34-21(32)14-31-10-9-16-17(7-6-8-18(16)31)29-20-12-15(11-19(30-20)24(25,26)27)13-28-22(33)35-23(2,3)4/h6-12H,5,13-14H2,1-4H3,(H,28,33)(H,29,30). The molecular formula is C24H27F3N4O4. The lowest BCUT2D eigenvalue weighted by atomic mass is 10.2. The van der Waals surface area contributed by atoms with Crippen molar-refractivity contribution in [1.29, 1.82) is 0 Å². The molecule has 0 aliphatic rings. The fourth-order valence-corrected chi connectivity index (χ4v) is 3.34. The number of nitrogens with zero attached hydrogens (tertiary/aromatic N) is 2. The van der Waals surface area contributed by atoms with Crippen LogP contribution in [0.4, 0.5) is 29.5 Å². The van der Waals surface area contributed by atoms with E-state index in [1.807, 2.05) is 0 Å². The first kappa shape index (κ1) is 25.9. The fourth-order valence-electron chi connectivity index (χ4n) is 3.34. The fraction of sp³-hybridized carbons (Fsp3) is 0.375. The van der Waals surface area contributed by atoms with Crippen molar-refractivity contribution in [2.24, 2.45) is 0 Å². The maximum Gasteiger partial charge on any atom is 0.433 e. The number of aromatic nitrogens is 2. The highest BCUT2D eigenvalue weighted by Crippen LogP contribution is 2.32. The van der Waals surface area contributed by atoms with Gasteiger partial charge in [-0.05, 0) is 63.6 Å². The summed E-state index contributed by atoms with van der Waals surface area (Å²) in [7, 11) is 0. The largest absolute Gasteiger partial charge is 0.465 e. The molecule has 0 aliphatic heterocycles. The van der Waals surface area contributed by atoms with Crippen molar-refractivity contribution in [2.75, 3.05) is 11.9 Å². The second kappa shape index (κ2) is 10.2. The third-order valence-electron chi connectivity index (χ3n) is 4.69. The molecule has 0 bridgehead atoms. The average molecular weight is 492 g/mol. The van der Waals surface area contributed by atoms with E-state index in [1.54, 1.807) is 62.7 Å². The first-order valence-electron chi connectivity index (χ1n) is 10.9. The number of nitrogens with one attached hydrogen (secondary N) is 2. The molecule has 3 aromatic rings. The van der Waals surface area contributed by atoms with Gasteiger partial charge in [-0.1, -0.05) is 6.07 Å². The predicted octanol–water partition coefficient (Wildman–Crippen LogP) is 5.39. The Morgan fingerprint density at radius 1 is 1.11 bits per heavy atom.